The molecule has 0 amide bonds. The molecule has 0 fully saturated rings. The lowest BCUT2D eigenvalue weighted by Gasteiger charge is -2.08. The van der Waals surface area contributed by atoms with E-state index in [1.165, 1.54) is 0 Å². The van der Waals surface area contributed by atoms with Crippen LogP contribution in [-0.2, 0) is 0 Å². The second-order valence-corrected chi connectivity index (χ2v) is 4.83. The molecule has 1 aromatic heterocycles. The molecule has 1 aromatic carbocycles. The normalized spacial score (nSPS) is 10.2. The molecule has 2 N–H and O–H groups in total. The maximum absolute atomic E-state index is 5.65. The number of halogens is 1. The van der Waals surface area contributed by atoms with E-state index >= 15 is 0 Å². The van der Waals surface area contributed by atoms with Crippen LogP contribution in [-0.4, -0.2) is 11.6 Å². The van der Waals surface area contributed by atoms with Crippen molar-refractivity contribution in [1.29, 1.82) is 0 Å². The van der Waals surface area contributed by atoms with Gasteiger partial charge in [-0.1, -0.05) is 6.92 Å². The van der Waals surface area contributed by atoms with Gasteiger partial charge in [-0.15, -0.1) is 0 Å². The molecule has 19 heavy (non-hydrogen) atoms. The molecule has 0 atom stereocenters. The summed E-state index contributed by atoms with van der Waals surface area (Å²) in [7, 11) is 0. The molecule has 2 aromatic rings. The van der Waals surface area contributed by atoms with Gasteiger partial charge in [0.05, 0.1) is 23.0 Å². The van der Waals surface area contributed by atoms with E-state index in [2.05, 4.69) is 27.8 Å². The number of pyridine rings is 1. The van der Waals surface area contributed by atoms with Crippen LogP contribution in [0.1, 0.15) is 13.3 Å². The van der Waals surface area contributed by atoms with Gasteiger partial charge >= 0.3 is 0 Å². The number of rotatable bonds is 5. The molecular formula is C14H15BrN2O2. The van der Waals surface area contributed by atoms with Crippen LogP contribution in [0.15, 0.2) is 41.0 Å². The number of nitrogens with zero attached hydrogens (tertiary/aromatic N) is 1. The number of anilines is 1. The van der Waals surface area contributed by atoms with Crippen molar-refractivity contribution in [2.45, 2.75) is 13.3 Å². The molecule has 100 valence electrons. The Morgan fingerprint density at radius 2 is 1.89 bits per heavy atom. The van der Waals surface area contributed by atoms with E-state index in [4.69, 9.17) is 15.2 Å². The molecular weight excluding hydrogens is 308 g/mol. The molecule has 5 heteroatoms. The number of aromatic nitrogens is 1. The average molecular weight is 323 g/mol. The van der Waals surface area contributed by atoms with Crippen molar-refractivity contribution in [2.75, 3.05) is 12.3 Å². The van der Waals surface area contributed by atoms with E-state index in [0.29, 0.717) is 23.9 Å². The number of nitrogens with two attached hydrogens (primary N) is 1. The smallest absolute Gasteiger partial charge is 0.233 e. The fourth-order valence-corrected chi connectivity index (χ4v) is 1.90. The van der Waals surface area contributed by atoms with E-state index in [0.717, 1.165) is 16.6 Å². The van der Waals surface area contributed by atoms with E-state index in [1.807, 2.05) is 24.3 Å². The molecule has 0 bridgehead atoms. The molecule has 0 aliphatic carbocycles. The Kier molecular flexibility index (Phi) is 4.63. The van der Waals surface area contributed by atoms with Gasteiger partial charge in [-0.2, -0.15) is 0 Å². The van der Waals surface area contributed by atoms with Crippen molar-refractivity contribution >= 4 is 21.6 Å². The second-order valence-electron chi connectivity index (χ2n) is 3.98. The van der Waals surface area contributed by atoms with Crippen LogP contribution in [0.2, 0.25) is 0 Å². The minimum Gasteiger partial charge on any atom is -0.494 e. The topological polar surface area (TPSA) is 57.4 Å². The summed E-state index contributed by atoms with van der Waals surface area (Å²) in [5.74, 6) is 2.01. The van der Waals surface area contributed by atoms with Gasteiger partial charge in [0.1, 0.15) is 11.5 Å². The number of hydrogen-bond donors (Lipinski definition) is 1. The van der Waals surface area contributed by atoms with Gasteiger partial charge in [0.25, 0.3) is 0 Å². The zero-order chi connectivity index (χ0) is 13.7. The molecule has 0 spiro atoms. The number of hydrogen-bond acceptors (Lipinski definition) is 4. The summed E-state index contributed by atoms with van der Waals surface area (Å²) in [5, 5.41) is 0. The van der Waals surface area contributed by atoms with Gasteiger partial charge in [-0.05, 0) is 52.7 Å². The van der Waals surface area contributed by atoms with E-state index in [1.54, 1.807) is 12.3 Å². The highest BCUT2D eigenvalue weighted by Crippen LogP contribution is 2.29. The monoisotopic (exact) mass is 322 g/mol. The van der Waals surface area contributed by atoms with Crippen molar-refractivity contribution in [3.63, 3.8) is 0 Å². The lowest BCUT2D eigenvalue weighted by atomic mass is 10.3. The van der Waals surface area contributed by atoms with Crippen LogP contribution < -0.4 is 15.2 Å². The Bertz CT molecular complexity index is 544. The molecule has 4 nitrogen and oxygen atoms in total. The Hall–Kier alpha value is -1.75. The van der Waals surface area contributed by atoms with Crippen LogP contribution in [0, 0.1) is 0 Å². The lowest BCUT2D eigenvalue weighted by Crippen LogP contribution is -1.95. The molecule has 0 unspecified atom stereocenters. The Balaban J connectivity index is 2.06. The van der Waals surface area contributed by atoms with E-state index in [-0.39, 0.29) is 0 Å². The Labute approximate surface area is 120 Å². The summed E-state index contributed by atoms with van der Waals surface area (Å²) < 4.78 is 11.9. The second kappa shape index (κ2) is 6.43. The standard InChI is InChI=1S/C14H15BrN2O2/c1-2-7-18-11-3-5-12(6-4-11)19-14-13(15)8-10(16)9-17-14/h3-6,8-9H,2,7,16H2,1H3. The van der Waals surface area contributed by atoms with Crippen LogP contribution in [0.4, 0.5) is 5.69 Å². The first kappa shape index (κ1) is 13.7. The summed E-state index contributed by atoms with van der Waals surface area (Å²) >= 11 is 3.36. The Morgan fingerprint density at radius 3 is 2.53 bits per heavy atom. The number of nitrogen functional groups attached to an aromatic ring is 1. The van der Waals surface area contributed by atoms with Gasteiger partial charge in [-0.3, -0.25) is 0 Å². The van der Waals surface area contributed by atoms with Crippen molar-refractivity contribution in [2.24, 2.45) is 0 Å². The summed E-state index contributed by atoms with van der Waals surface area (Å²) in [5.41, 5.74) is 6.21. The Morgan fingerprint density at radius 1 is 1.21 bits per heavy atom. The lowest BCUT2D eigenvalue weighted by molar-refractivity contribution is 0.317. The largest absolute Gasteiger partial charge is 0.494 e. The third-order valence-corrected chi connectivity index (χ3v) is 2.91. The highest BCUT2D eigenvalue weighted by molar-refractivity contribution is 9.10. The van der Waals surface area contributed by atoms with Gasteiger partial charge in [0, 0.05) is 0 Å². The van der Waals surface area contributed by atoms with Crippen molar-refractivity contribution < 1.29 is 9.47 Å². The molecule has 0 radical (unpaired) electrons. The quantitative estimate of drug-likeness (QED) is 0.903. The SMILES string of the molecule is CCCOc1ccc(Oc2ncc(N)cc2Br)cc1. The first-order valence-electron chi connectivity index (χ1n) is 6.01. The molecule has 1 heterocycles. The molecule has 0 aliphatic rings. The predicted molar refractivity (Wildman–Crippen MR) is 78.7 cm³/mol. The zero-order valence-corrected chi connectivity index (χ0v) is 12.2. The maximum Gasteiger partial charge on any atom is 0.233 e. The van der Waals surface area contributed by atoms with E-state index < -0.39 is 0 Å². The van der Waals surface area contributed by atoms with Crippen molar-refractivity contribution in [3.05, 3.63) is 41.0 Å². The van der Waals surface area contributed by atoms with Gasteiger partial charge in [-0.25, -0.2) is 4.98 Å². The summed E-state index contributed by atoms with van der Waals surface area (Å²) in [6, 6.07) is 9.18. The van der Waals surface area contributed by atoms with Gasteiger partial charge in [0.15, 0.2) is 0 Å². The minimum atomic E-state index is 0.483. The van der Waals surface area contributed by atoms with Crippen LogP contribution in [0.3, 0.4) is 0 Å². The third-order valence-electron chi connectivity index (χ3n) is 2.34. The third kappa shape index (κ3) is 3.86. The summed E-state index contributed by atoms with van der Waals surface area (Å²) in [4.78, 5) is 4.12. The summed E-state index contributed by atoms with van der Waals surface area (Å²) in [6.45, 7) is 2.78. The zero-order valence-electron chi connectivity index (χ0n) is 10.6. The van der Waals surface area contributed by atoms with Gasteiger partial charge in [0.2, 0.25) is 5.88 Å². The first-order valence-corrected chi connectivity index (χ1v) is 6.80. The molecule has 0 aliphatic heterocycles. The summed E-state index contributed by atoms with van der Waals surface area (Å²) in [6.07, 6.45) is 2.54. The number of ether oxygens (including phenoxy) is 2. The first-order chi connectivity index (χ1) is 9.19. The molecule has 0 saturated heterocycles. The highest BCUT2D eigenvalue weighted by atomic mass is 79.9. The van der Waals surface area contributed by atoms with Crippen LogP contribution >= 0.6 is 15.9 Å². The maximum atomic E-state index is 5.65. The number of benzene rings is 1. The highest BCUT2D eigenvalue weighted by Gasteiger charge is 2.05. The van der Waals surface area contributed by atoms with Crippen molar-refractivity contribution in [1.82, 2.24) is 4.98 Å². The fraction of sp³-hybridized carbons (Fsp3) is 0.214. The van der Waals surface area contributed by atoms with Crippen LogP contribution in [0.25, 0.3) is 0 Å². The van der Waals surface area contributed by atoms with Gasteiger partial charge < -0.3 is 15.2 Å². The van der Waals surface area contributed by atoms with Crippen molar-refractivity contribution in [3.8, 4) is 17.4 Å². The molecule has 2 rings (SSSR count). The molecule has 0 saturated carbocycles. The minimum absolute atomic E-state index is 0.483. The fourth-order valence-electron chi connectivity index (χ4n) is 1.45. The van der Waals surface area contributed by atoms with Crippen LogP contribution in [0.5, 0.6) is 17.4 Å². The van der Waals surface area contributed by atoms with E-state index in [9.17, 15) is 0 Å². The predicted octanol–water partition coefficient (Wildman–Crippen LogP) is 4.01. The average Bonchev–Trinajstić information content (AvgIpc) is 2.41.